The molecular formula is C20H25N. The number of fused-ring (bicyclic) bond motifs is 1. The van der Waals surface area contributed by atoms with Gasteiger partial charge in [-0.25, -0.2) is 0 Å². The van der Waals surface area contributed by atoms with Gasteiger partial charge in [0.25, 0.3) is 0 Å². The molecule has 3 rings (SSSR count). The molecule has 3 unspecified atom stereocenters. The highest BCUT2D eigenvalue weighted by atomic mass is 14.9. The highest BCUT2D eigenvalue weighted by molar-refractivity contribution is 5.42. The van der Waals surface area contributed by atoms with E-state index in [-0.39, 0.29) is 0 Å². The second kappa shape index (κ2) is 6.44. The van der Waals surface area contributed by atoms with Crippen molar-refractivity contribution in [1.29, 1.82) is 0 Å². The first-order valence-electron chi connectivity index (χ1n) is 8.18. The fourth-order valence-electron chi connectivity index (χ4n) is 3.73. The van der Waals surface area contributed by atoms with Crippen molar-refractivity contribution in [3.8, 4) is 0 Å². The van der Waals surface area contributed by atoms with Gasteiger partial charge in [-0.2, -0.15) is 0 Å². The molecule has 2 aromatic rings. The molecule has 2 aromatic carbocycles. The van der Waals surface area contributed by atoms with Crippen LogP contribution in [0.2, 0.25) is 0 Å². The van der Waals surface area contributed by atoms with Crippen LogP contribution in [0.25, 0.3) is 0 Å². The summed E-state index contributed by atoms with van der Waals surface area (Å²) in [7, 11) is 0. The smallest absolute Gasteiger partial charge is 0.0326 e. The van der Waals surface area contributed by atoms with Gasteiger partial charge in [-0.1, -0.05) is 68.4 Å². The van der Waals surface area contributed by atoms with Crippen LogP contribution in [0.1, 0.15) is 55.3 Å². The lowest BCUT2D eigenvalue weighted by molar-refractivity contribution is 0.352. The number of hydrogen-bond donors (Lipinski definition) is 1. The molecule has 0 heterocycles. The van der Waals surface area contributed by atoms with Crippen LogP contribution in [0.4, 0.5) is 0 Å². The molecule has 0 radical (unpaired) electrons. The molecule has 1 nitrogen and oxygen atoms in total. The third kappa shape index (κ3) is 2.89. The van der Waals surface area contributed by atoms with Crippen molar-refractivity contribution in [2.75, 3.05) is 6.54 Å². The summed E-state index contributed by atoms with van der Waals surface area (Å²) in [5.41, 5.74) is 4.46. The van der Waals surface area contributed by atoms with Crippen molar-refractivity contribution in [1.82, 2.24) is 5.32 Å². The maximum Gasteiger partial charge on any atom is 0.0326 e. The molecule has 0 spiro atoms. The first-order chi connectivity index (χ1) is 10.3. The molecule has 0 aliphatic heterocycles. The predicted molar refractivity (Wildman–Crippen MR) is 89.5 cm³/mol. The van der Waals surface area contributed by atoms with E-state index < -0.39 is 0 Å². The molecular weight excluding hydrogens is 254 g/mol. The molecule has 0 bridgehead atoms. The zero-order chi connectivity index (χ0) is 14.7. The topological polar surface area (TPSA) is 12.0 Å². The van der Waals surface area contributed by atoms with E-state index in [9.17, 15) is 0 Å². The fraction of sp³-hybridized carbons (Fsp3) is 0.400. The first kappa shape index (κ1) is 14.3. The van der Waals surface area contributed by atoms with Crippen LogP contribution in [0.5, 0.6) is 0 Å². The van der Waals surface area contributed by atoms with Gasteiger partial charge in [0.2, 0.25) is 0 Å². The minimum absolute atomic E-state index is 0.510. The van der Waals surface area contributed by atoms with E-state index in [0.29, 0.717) is 17.9 Å². The van der Waals surface area contributed by atoms with Gasteiger partial charge in [0.05, 0.1) is 0 Å². The lowest BCUT2D eigenvalue weighted by Gasteiger charge is -2.37. The average molecular weight is 279 g/mol. The Morgan fingerprint density at radius 1 is 0.952 bits per heavy atom. The van der Waals surface area contributed by atoms with E-state index in [4.69, 9.17) is 0 Å². The molecule has 0 saturated heterocycles. The van der Waals surface area contributed by atoms with E-state index in [1.54, 1.807) is 0 Å². The summed E-state index contributed by atoms with van der Waals surface area (Å²) >= 11 is 0. The van der Waals surface area contributed by atoms with Gasteiger partial charge in [-0.3, -0.25) is 0 Å². The highest BCUT2D eigenvalue weighted by Gasteiger charge is 2.32. The Labute approximate surface area is 128 Å². The molecule has 1 aliphatic carbocycles. The van der Waals surface area contributed by atoms with Crippen LogP contribution in [-0.4, -0.2) is 6.54 Å². The molecule has 21 heavy (non-hydrogen) atoms. The van der Waals surface area contributed by atoms with Gasteiger partial charge in [0.15, 0.2) is 0 Å². The minimum Gasteiger partial charge on any atom is -0.310 e. The maximum atomic E-state index is 3.73. The molecule has 110 valence electrons. The number of benzene rings is 2. The van der Waals surface area contributed by atoms with Crippen molar-refractivity contribution in [2.24, 2.45) is 5.92 Å². The Morgan fingerprint density at radius 2 is 1.62 bits per heavy atom. The standard InChI is InChI=1S/C20H25N/c1-3-13-21-19-14-15(2)20(16-9-5-4-6-10-16)18-12-8-7-11-17(18)19/h4-12,15,19-21H,3,13-14H2,1-2H3. The van der Waals surface area contributed by atoms with E-state index >= 15 is 0 Å². The Hall–Kier alpha value is -1.60. The first-order valence-corrected chi connectivity index (χ1v) is 8.18. The Morgan fingerprint density at radius 3 is 2.33 bits per heavy atom. The molecule has 0 saturated carbocycles. The molecule has 1 N–H and O–H groups in total. The van der Waals surface area contributed by atoms with Gasteiger partial charge in [0, 0.05) is 12.0 Å². The second-order valence-corrected chi connectivity index (χ2v) is 6.24. The summed E-state index contributed by atoms with van der Waals surface area (Å²) in [6.07, 6.45) is 2.41. The molecule has 3 atom stereocenters. The van der Waals surface area contributed by atoms with Crippen molar-refractivity contribution in [3.63, 3.8) is 0 Å². The summed E-state index contributed by atoms with van der Waals surface area (Å²) in [4.78, 5) is 0. The summed E-state index contributed by atoms with van der Waals surface area (Å²) in [5, 5.41) is 3.73. The third-order valence-electron chi connectivity index (χ3n) is 4.68. The third-order valence-corrected chi connectivity index (χ3v) is 4.68. The molecule has 1 aliphatic rings. The van der Waals surface area contributed by atoms with Crippen LogP contribution < -0.4 is 5.32 Å². The normalized spacial score (nSPS) is 24.6. The summed E-state index contributed by atoms with van der Waals surface area (Å²) in [6, 6.07) is 20.5. The zero-order valence-corrected chi connectivity index (χ0v) is 13.0. The molecule has 1 heteroatoms. The monoisotopic (exact) mass is 279 g/mol. The van der Waals surface area contributed by atoms with Crippen LogP contribution in [0.3, 0.4) is 0 Å². The fourth-order valence-corrected chi connectivity index (χ4v) is 3.73. The molecule has 0 fully saturated rings. The van der Waals surface area contributed by atoms with Crippen molar-refractivity contribution >= 4 is 0 Å². The SMILES string of the molecule is CCCNC1CC(C)C(c2ccccc2)c2ccccc21. The number of hydrogen-bond acceptors (Lipinski definition) is 1. The highest BCUT2D eigenvalue weighted by Crippen LogP contribution is 2.44. The predicted octanol–water partition coefficient (Wildman–Crippen LogP) is 4.90. The van der Waals surface area contributed by atoms with Gasteiger partial charge in [0.1, 0.15) is 0 Å². The van der Waals surface area contributed by atoms with Crippen molar-refractivity contribution < 1.29 is 0 Å². The van der Waals surface area contributed by atoms with Gasteiger partial charge < -0.3 is 5.32 Å². The van der Waals surface area contributed by atoms with Gasteiger partial charge in [-0.05, 0) is 42.0 Å². The van der Waals surface area contributed by atoms with E-state index in [2.05, 4.69) is 73.8 Å². The minimum atomic E-state index is 0.510. The zero-order valence-electron chi connectivity index (χ0n) is 13.0. The quantitative estimate of drug-likeness (QED) is 0.839. The van der Waals surface area contributed by atoms with Crippen molar-refractivity contribution in [3.05, 3.63) is 71.3 Å². The summed E-state index contributed by atoms with van der Waals surface area (Å²) < 4.78 is 0. The molecule has 0 amide bonds. The van der Waals surface area contributed by atoms with Crippen molar-refractivity contribution in [2.45, 2.75) is 38.6 Å². The average Bonchev–Trinajstić information content (AvgIpc) is 2.53. The van der Waals surface area contributed by atoms with Crippen LogP contribution in [0.15, 0.2) is 54.6 Å². The number of nitrogens with one attached hydrogen (secondary N) is 1. The van der Waals surface area contributed by atoms with Crippen LogP contribution in [0, 0.1) is 5.92 Å². The van der Waals surface area contributed by atoms with Crippen LogP contribution in [-0.2, 0) is 0 Å². The lowest BCUT2D eigenvalue weighted by Crippen LogP contribution is -2.31. The molecule has 0 aromatic heterocycles. The Kier molecular flexibility index (Phi) is 4.40. The maximum absolute atomic E-state index is 3.73. The Balaban J connectivity index is 1.99. The van der Waals surface area contributed by atoms with E-state index in [0.717, 1.165) is 6.54 Å². The van der Waals surface area contributed by atoms with Gasteiger partial charge in [-0.15, -0.1) is 0 Å². The summed E-state index contributed by atoms with van der Waals surface area (Å²) in [6.45, 7) is 5.73. The summed E-state index contributed by atoms with van der Waals surface area (Å²) in [5.74, 6) is 1.19. The van der Waals surface area contributed by atoms with Crippen LogP contribution >= 0.6 is 0 Å². The van der Waals surface area contributed by atoms with E-state index in [1.807, 2.05) is 0 Å². The lowest BCUT2D eigenvalue weighted by atomic mass is 9.71. The second-order valence-electron chi connectivity index (χ2n) is 6.24. The van der Waals surface area contributed by atoms with Gasteiger partial charge >= 0.3 is 0 Å². The number of rotatable bonds is 4. The Bertz CT molecular complexity index is 575. The van der Waals surface area contributed by atoms with E-state index in [1.165, 1.54) is 29.5 Å². The largest absolute Gasteiger partial charge is 0.310 e.